The number of amides is 1. The lowest BCUT2D eigenvalue weighted by atomic mass is 10.3. The number of aromatic nitrogens is 1. The first-order valence-corrected chi connectivity index (χ1v) is 3.77. The number of nitrogens with two attached hydrogens (primary N) is 1. The highest BCUT2D eigenvalue weighted by Crippen LogP contribution is 2.03. The summed E-state index contributed by atoms with van der Waals surface area (Å²) < 4.78 is 12.4. The predicted octanol–water partition coefficient (Wildman–Crippen LogP) is 0.506. The van der Waals surface area contributed by atoms with E-state index < -0.39 is 11.9 Å². The Bertz CT molecular complexity index is 297. The zero-order chi connectivity index (χ0) is 9.84. The van der Waals surface area contributed by atoms with E-state index in [0.717, 1.165) is 6.20 Å². The number of halogens is 1. The maximum atomic E-state index is 12.4. The molecule has 0 aliphatic rings. The average molecular weight is 183 g/mol. The fraction of sp³-hybridized carbons (Fsp3) is 0.250. The molecule has 1 aromatic heterocycles. The standard InChI is InChI=1S/C8H10FN3O/c1-5(10)8(13)12-7-3-2-6(9)4-11-7/h2-5H,10H2,1H3,(H,11,12,13)/t5-/m1/s1. The van der Waals surface area contributed by atoms with Gasteiger partial charge in [0, 0.05) is 0 Å². The van der Waals surface area contributed by atoms with E-state index >= 15 is 0 Å². The van der Waals surface area contributed by atoms with Crippen molar-refractivity contribution in [3.05, 3.63) is 24.1 Å². The molecule has 0 spiro atoms. The second-order valence-electron chi connectivity index (χ2n) is 2.64. The Labute approximate surface area is 75.0 Å². The molecule has 0 aliphatic carbocycles. The summed E-state index contributed by atoms with van der Waals surface area (Å²) in [5.74, 6) is -0.499. The van der Waals surface area contributed by atoms with Crippen molar-refractivity contribution in [2.24, 2.45) is 5.73 Å². The first-order chi connectivity index (χ1) is 6.09. The minimum atomic E-state index is -0.605. The van der Waals surface area contributed by atoms with Crippen molar-refractivity contribution >= 4 is 11.7 Å². The van der Waals surface area contributed by atoms with Gasteiger partial charge in [-0.05, 0) is 19.1 Å². The molecule has 1 rings (SSSR count). The van der Waals surface area contributed by atoms with E-state index in [1.165, 1.54) is 12.1 Å². The number of rotatable bonds is 2. The molecule has 1 heterocycles. The Morgan fingerprint density at radius 2 is 2.38 bits per heavy atom. The van der Waals surface area contributed by atoms with Crippen LogP contribution < -0.4 is 11.1 Å². The van der Waals surface area contributed by atoms with Gasteiger partial charge in [0.15, 0.2) is 0 Å². The molecular formula is C8H10FN3O. The van der Waals surface area contributed by atoms with Crippen molar-refractivity contribution in [2.75, 3.05) is 5.32 Å². The van der Waals surface area contributed by atoms with Crippen LogP contribution in [0.3, 0.4) is 0 Å². The number of hydrogen-bond acceptors (Lipinski definition) is 3. The normalized spacial score (nSPS) is 12.2. The van der Waals surface area contributed by atoms with Crippen molar-refractivity contribution in [1.29, 1.82) is 0 Å². The molecule has 1 amide bonds. The van der Waals surface area contributed by atoms with E-state index in [2.05, 4.69) is 10.3 Å². The molecule has 0 saturated carbocycles. The second kappa shape index (κ2) is 3.95. The fourth-order valence-electron chi connectivity index (χ4n) is 0.690. The predicted molar refractivity (Wildman–Crippen MR) is 46.5 cm³/mol. The minimum absolute atomic E-state index is 0.295. The van der Waals surface area contributed by atoms with Crippen LogP contribution >= 0.6 is 0 Å². The third kappa shape index (κ3) is 2.79. The summed E-state index contributed by atoms with van der Waals surface area (Å²) in [5.41, 5.74) is 5.30. The number of nitrogens with zero attached hydrogens (tertiary/aromatic N) is 1. The summed E-state index contributed by atoms with van der Waals surface area (Å²) in [6, 6.07) is 1.98. The van der Waals surface area contributed by atoms with Crippen LogP contribution in [0.5, 0.6) is 0 Å². The lowest BCUT2D eigenvalue weighted by Crippen LogP contribution is -2.32. The summed E-state index contributed by atoms with van der Waals surface area (Å²) >= 11 is 0. The van der Waals surface area contributed by atoms with Gasteiger partial charge in [0.1, 0.15) is 11.6 Å². The van der Waals surface area contributed by atoms with Crippen molar-refractivity contribution in [1.82, 2.24) is 4.98 Å². The van der Waals surface area contributed by atoms with Gasteiger partial charge in [-0.3, -0.25) is 4.79 Å². The molecule has 70 valence electrons. The molecule has 13 heavy (non-hydrogen) atoms. The van der Waals surface area contributed by atoms with Gasteiger partial charge < -0.3 is 11.1 Å². The average Bonchev–Trinajstić information content (AvgIpc) is 2.08. The summed E-state index contributed by atoms with van der Waals surface area (Å²) in [5, 5.41) is 2.43. The molecule has 3 N–H and O–H groups in total. The van der Waals surface area contributed by atoms with Crippen molar-refractivity contribution in [2.45, 2.75) is 13.0 Å². The van der Waals surface area contributed by atoms with Crippen LogP contribution in [0.2, 0.25) is 0 Å². The van der Waals surface area contributed by atoms with Crippen LogP contribution in [0.1, 0.15) is 6.92 Å². The first-order valence-electron chi connectivity index (χ1n) is 3.77. The highest BCUT2D eigenvalue weighted by Gasteiger charge is 2.07. The molecule has 1 atom stereocenters. The van der Waals surface area contributed by atoms with E-state index in [1.54, 1.807) is 6.92 Å². The monoisotopic (exact) mass is 183 g/mol. The van der Waals surface area contributed by atoms with Crippen LogP contribution in [0.15, 0.2) is 18.3 Å². The summed E-state index contributed by atoms with van der Waals surface area (Å²) in [7, 11) is 0. The summed E-state index contributed by atoms with van der Waals surface area (Å²) in [6.07, 6.45) is 1.02. The third-order valence-corrected chi connectivity index (χ3v) is 1.39. The SMILES string of the molecule is C[C@@H](N)C(=O)Nc1ccc(F)cn1. The first kappa shape index (κ1) is 9.60. The molecule has 0 unspecified atom stereocenters. The number of carbonyl (C=O) groups is 1. The largest absolute Gasteiger partial charge is 0.320 e. The topological polar surface area (TPSA) is 68.0 Å². The van der Waals surface area contributed by atoms with Crippen LogP contribution in [0, 0.1) is 5.82 Å². The number of carbonyl (C=O) groups excluding carboxylic acids is 1. The Morgan fingerprint density at radius 3 is 2.85 bits per heavy atom. The molecule has 0 aromatic carbocycles. The van der Waals surface area contributed by atoms with E-state index in [9.17, 15) is 9.18 Å². The van der Waals surface area contributed by atoms with Gasteiger partial charge in [0.05, 0.1) is 12.2 Å². The lowest BCUT2D eigenvalue weighted by molar-refractivity contribution is -0.117. The number of nitrogens with one attached hydrogen (secondary N) is 1. The molecule has 0 radical (unpaired) electrons. The highest BCUT2D eigenvalue weighted by molar-refractivity contribution is 5.93. The molecule has 1 aromatic rings. The Kier molecular flexibility index (Phi) is 2.92. The molecule has 0 saturated heterocycles. The molecule has 5 heteroatoms. The number of pyridine rings is 1. The van der Waals surface area contributed by atoms with Gasteiger partial charge in [-0.25, -0.2) is 9.37 Å². The Morgan fingerprint density at radius 1 is 1.69 bits per heavy atom. The zero-order valence-corrected chi connectivity index (χ0v) is 7.12. The highest BCUT2D eigenvalue weighted by atomic mass is 19.1. The second-order valence-corrected chi connectivity index (χ2v) is 2.64. The Hall–Kier alpha value is -1.49. The van der Waals surface area contributed by atoms with Gasteiger partial charge in [-0.15, -0.1) is 0 Å². The fourth-order valence-corrected chi connectivity index (χ4v) is 0.690. The van der Waals surface area contributed by atoms with Crippen LogP contribution in [-0.4, -0.2) is 16.9 Å². The van der Waals surface area contributed by atoms with Crippen molar-refractivity contribution < 1.29 is 9.18 Å². The van der Waals surface area contributed by atoms with Crippen molar-refractivity contribution in [3.8, 4) is 0 Å². The van der Waals surface area contributed by atoms with Crippen LogP contribution in [0.25, 0.3) is 0 Å². The maximum absolute atomic E-state index is 12.4. The van der Waals surface area contributed by atoms with Gasteiger partial charge in [0.25, 0.3) is 0 Å². The van der Waals surface area contributed by atoms with Gasteiger partial charge in [-0.1, -0.05) is 0 Å². The Balaban J connectivity index is 2.65. The maximum Gasteiger partial charge on any atom is 0.242 e. The molecule has 0 aliphatic heterocycles. The van der Waals surface area contributed by atoms with E-state index in [0.29, 0.717) is 5.82 Å². The van der Waals surface area contributed by atoms with Crippen LogP contribution in [-0.2, 0) is 4.79 Å². The number of hydrogen-bond donors (Lipinski definition) is 2. The quantitative estimate of drug-likeness (QED) is 0.701. The molecule has 0 bridgehead atoms. The van der Waals surface area contributed by atoms with Crippen LogP contribution in [0.4, 0.5) is 10.2 Å². The third-order valence-electron chi connectivity index (χ3n) is 1.39. The summed E-state index contributed by atoms with van der Waals surface area (Å²) in [6.45, 7) is 1.55. The van der Waals surface area contributed by atoms with Gasteiger partial charge in [0.2, 0.25) is 5.91 Å². The van der Waals surface area contributed by atoms with E-state index in [-0.39, 0.29) is 5.91 Å². The van der Waals surface area contributed by atoms with Gasteiger partial charge in [-0.2, -0.15) is 0 Å². The lowest BCUT2D eigenvalue weighted by Gasteiger charge is -2.05. The summed E-state index contributed by atoms with van der Waals surface area (Å²) in [4.78, 5) is 14.7. The van der Waals surface area contributed by atoms with E-state index in [4.69, 9.17) is 5.73 Å². The molecular weight excluding hydrogens is 173 g/mol. The smallest absolute Gasteiger partial charge is 0.242 e. The van der Waals surface area contributed by atoms with Crippen molar-refractivity contribution in [3.63, 3.8) is 0 Å². The minimum Gasteiger partial charge on any atom is -0.320 e. The molecule has 4 nitrogen and oxygen atoms in total. The van der Waals surface area contributed by atoms with Gasteiger partial charge >= 0.3 is 0 Å². The zero-order valence-electron chi connectivity index (χ0n) is 7.12. The molecule has 0 fully saturated rings. The number of anilines is 1. The van der Waals surface area contributed by atoms with E-state index in [1.807, 2.05) is 0 Å².